The largest absolute Gasteiger partial charge is 0.321 e. The predicted octanol–water partition coefficient (Wildman–Crippen LogP) is 2.95. The van der Waals surface area contributed by atoms with Crippen LogP contribution in [0, 0.1) is 0 Å². The van der Waals surface area contributed by atoms with Crippen LogP contribution in [-0.4, -0.2) is 21.3 Å². The molecule has 2 rings (SSSR count). The van der Waals surface area contributed by atoms with Crippen molar-refractivity contribution in [3.8, 4) is 0 Å². The molecule has 20 heavy (non-hydrogen) atoms. The van der Waals surface area contributed by atoms with Gasteiger partial charge in [-0.3, -0.25) is 9.59 Å². The number of benzene rings is 1. The molecule has 1 amide bonds. The van der Waals surface area contributed by atoms with Crippen LogP contribution in [0.5, 0.6) is 0 Å². The second-order valence-corrected chi connectivity index (χ2v) is 5.14. The number of rotatable bonds is 5. The number of Topliss-reactive ketones (excluding diaryl/α,β-unsaturated/α-hetero) is 1. The Bertz CT molecular complexity index is 637. The minimum Gasteiger partial charge on any atom is -0.321 e. The quantitative estimate of drug-likeness (QED) is 0.859. The van der Waals surface area contributed by atoms with E-state index in [0.29, 0.717) is 16.1 Å². The van der Waals surface area contributed by atoms with Gasteiger partial charge in [-0.2, -0.15) is 0 Å². The third-order valence-electron chi connectivity index (χ3n) is 2.78. The smallest absolute Gasteiger partial charge is 0.269 e. The number of aromatic nitrogens is 2. The fourth-order valence-corrected chi connectivity index (χ4v) is 2.39. The van der Waals surface area contributed by atoms with Gasteiger partial charge in [0.1, 0.15) is 4.88 Å². The van der Waals surface area contributed by atoms with Crippen LogP contribution in [-0.2, 0) is 6.42 Å². The van der Waals surface area contributed by atoms with Gasteiger partial charge in [0.2, 0.25) is 0 Å². The number of nitrogens with zero attached hydrogens (tertiary/aromatic N) is 2. The molecule has 0 aliphatic rings. The highest BCUT2D eigenvalue weighted by Gasteiger charge is 2.16. The Kier molecular flexibility index (Phi) is 4.57. The van der Waals surface area contributed by atoms with Gasteiger partial charge in [-0.05, 0) is 37.0 Å². The molecule has 0 bridgehead atoms. The average molecular weight is 289 g/mol. The van der Waals surface area contributed by atoms with E-state index in [1.807, 2.05) is 6.92 Å². The summed E-state index contributed by atoms with van der Waals surface area (Å²) in [7, 11) is 0. The van der Waals surface area contributed by atoms with Gasteiger partial charge in [0.25, 0.3) is 5.91 Å². The molecule has 104 valence electrons. The summed E-state index contributed by atoms with van der Waals surface area (Å²) in [5.41, 5.74) is 1.88. The maximum atomic E-state index is 12.2. The van der Waals surface area contributed by atoms with Crippen molar-refractivity contribution in [1.82, 2.24) is 9.59 Å². The molecule has 0 atom stereocenters. The molecule has 0 radical (unpaired) electrons. The predicted molar refractivity (Wildman–Crippen MR) is 78.3 cm³/mol. The SMILES string of the molecule is CCCc1nnsc1C(=O)Nc1cccc(C(C)=O)c1. The Hall–Kier alpha value is -2.08. The number of carbonyl (C=O) groups is 2. The lowest BCUT2D eigenvalue weighted by Crippen LogP contribution is -2.12. The Labute approximate surface area is 121 Å². The molecule has 1 aromatic heterocycles. The fourth-order valence-electron chi connectivity index (χ4n) is 1.79. The topological polar surface area (TPSA) is 72.0 Å². The van der Waals surface area contributed by atoms with Crippen molar-refractivity contribution in [2.24, 2.45) is 0 Å². The van der Waals surface area contributed by atoms with E-state index in [2.05, 4.69) is 14.9 Å². The van der Waals surface area contributed by atoms with Gasteiger partial charge >= 0.3 is 0 Å². The molecule has 0 aliphatic carbocycles. The second-order valence-electron chi connectivity index (χ2n) is 4.39. The summed E-state index contributed by atoms with van der Waals surface area (Å²) in [5, 5.41) is 6.75. The highest BCUT2D eigenvalue weighted by Crippen LogP contribution is 2.17. The van der Waals surface area contributed by atoms with Crippen LogP contribution in [0.4, 0.5) is 5.69 Å². The highest BCUT2D eigenvalue weighted by molar-refractivity contribution is 7.08. The summed E-state index contributed by atoms with van der Waals surface area (Å²) in [4.78, 5) is 24.0. The summed E-state index contributed by atoms with van der Waals surface area (Å²) >= 11 is 1.09. The molecule has 5 nitrogen and oxygen atoms in total. The zero-order valence-corrected chi connectivity index (χ0v) is 12.2. The van der Waals surface area contributed by atoms with Crippen molar-refractivity contribution in [3.05, 3.63) is 40.4 Å². The van der Waals surface area contributed by atoms with Crippen molar-refractivity contribution in [1.29, 1.82) is 0 Å². The van der Waals surface area contributed by atoms with Gasteiger partial charge < -0.3 is 5.32 Å². The van der Waals surface area contributed by atoms with Gasteiger partial charge in [-0.15, -0.1) is 5.10 Å². The number of ketones is 1. The van der Waals surface area contributed by atoms with Gasteiger partial charge in [0.05, 0.1) is 5.69 Å². The second kappa shape index (κ2) is 6.38. The zero-order chi connectivity index (χ0) is 14.5. The van der Waals surface area contributed by atoms with E-state index in [-0.39, 0.29) is 11.7 Å². The van der Waals surface area contributed by atoms with E-state index in [1.165, 1.54) is 6.92 Å². The molecule has 0 fully saturated rings. The zero-order valence-electron chi connectivity index (χ0n) is 11.3. The van der Waals surface area contributed by atoms with Gasteiger partial charge in [0.15, 0.2) is 5.78 Å². The fraction of sp³-hybridized carbons (Fsp3) is 0.286. The molecule has 1 heterocycles. The monoisotopic (exact) mass is 289 g/mol. The minimum atomic E-state index is -0.232. The third-order valence-corrected chi connectivity index (χ3v) is 3.54. The number of nitrogens with one attached hydrogen (secondary N) is 1. The number of anilines is 1. The van der Waals surface area contributed by atoms with Crippen molar-refractivity contribution in [2.75, 3.05) is 5.32 Å². The molecule has 0 aliphatic heterocycles. The van der Waals surface area contributed by atoms with Gasteiger partial charge in [-0.25, -0.2) is 0 Å². The van der Waals surface area contributed by atoms with Crippen LogP contribution >= 0.6 is 11.5 Å². The Balaban J connectivity index is 2.17. The summed E-state index contributed by atoms with van der Waals surface area (Å²) < 4.78 is 3.83. The molecule has 0 saturated heterocycles. The summed E-state index contributed by atoms with van der Waals surface area (Å²) in [5.74, 6) is -0.267. The number of aryl methyl sites for hydroxylation is 1. The lowest BCUT2D eigenvalue weighted by atomic mass is 10.1. The lowest BCUT2D eigenvalue weighted by Gasteiger charge is -2.05. The average Bonchev–Trinajstić information content (AvgIpc) is 2.88. The third kappa shape index (κ3) is 3.27. The summed E-state index contributed by atoms with van der Waals surface area (Å²) in [6, 6.07) is 6.87. The molecule has 6 heteroatoms. The van der Waals surface area contributed by atoms with Crippen molar-refractivity contribution in [3.63, 3.8) is 0 Å². The molecule has 1 aromatic carbocycles. The lowest BCUT2D eigenvalue weighted by molar-refractivity contribution is 0.101. The number of hydrogen-bond donors (Lipinski definition) is 1. The van der Waals surface area contributed by atoms with E-state index in [0.717, 1.165) is 30.1 Å². The standard InChI is InChI=1S/C14H15N3O2S/c1-3-5-12-13(20-17-16-12)14(19)15-11-7-4-6-10(8-11)9(2)18/h4,6-8H,3,5H2,1-2H3,(H,15,19). The van der Waals surface area contributed by atoms with Crippen LogP contribution in [0.2, 0.25) is 0 Å². The number of carbonyl (C=O) groups excluding carboxylic acids is 2. The normalized spacial score (nSPS) is 10.3. The van der Waals surface area contributed by atoms with E-state index >= 15 is 0 Å². The van der Waals surface area contributed by atoms with E-state index in [1.54, 1.807) is 24.3 Å². The molecule has 2 aromatic rings. The minimum absolute atomic E-state index is 0.0350. The first-order valence-corrected chi connectivity index (χ1v) is 7.12. The van der Waals surface area contributed by atoms with Crippen LogP contribution in [0.1, 0.15) is 46.0 Å². The molecule has 0 saturated carbocycles. The molecular weight excluding hydrogens is 274 g/mol. The van der Waals surface area contributed by atoms with E-state index < -0.39 is 0 Å². The molecule has 1 N–H and O–H groups in total. The van der Waals surface area contributed by atoms with Gasteiger partial charge in [0, 0.05) is 11.3 Å². The van der Waals surface area contributed by atoms with Crippen molar-refractivity contribution >= 4 is 28.9 Å². The van der Waals surface area contributed by atoms with Crippen LogP contribution < -0.4 is 5.32 Å². The molecule has 0 unspecified atom stereocenters. The van der Waals surface area contributed by atoms with Crippen LogP contribution in [0.25, 0.3) is 0 Å². The first-order valence-electron chi connectivity index (χ1n) is 6.35. The summed E-state index contributed by atoms with van der Waals surface area (Å²) in [6.07, 6.45) is 1.64. The molecular formula is C14H15N3O2S. The number of amides is 1. The van der Waals surface area contributed by atoms with E-state index in [4.69, 9.17) is 0 Å². The Morgan fingerprint density at radius 3 is 2.85 bits per heavy atom. The Morgan fingerprint density at radius 1 is 1.35 bits per heavy atom. The number of hydrogen-bond acceptors (Lipinski definition) is 5. The Morgan fingerprint density at radius 2 is 2.15 bits per heavy atom. The van der Waals surface area contributed by atoms with Crippen LogP contribution in [0.15, 0.2) is 24.3 Å². The first-order chi connectivity index (χ1) is 9.61. The molecule has 0 spiro atoms. The van der Waals surface area contributed by atoms with Crippen molar-refractivity contribution in [2.45, 2.75) is 26.7 Å². The highest BCUT2D eigenvalue weighted by atomic mass is 32.1. The first kappa shape index (κ1) is 14.3. The van der Waals surface area contributed by atoms with E-state index in [9.17, 15) is 9.59 Å². The van der Waals surface area contributed by atoms with Crippen LogP contribution in [0.3, 0.4) is 0 Å². The maximum Gasteiger partial charge on any atom is 0.269 e. The van der Waals surface area contributed by atoms with Crippen molar-refractivity contribution < 1.29 is 9.59 Å². The summed E-state index contributed by atoms with van der Waals surface area (Å²) in [6.45, 7) is 3.52. The van der Waals surface area contributed by atoms with Gasteiger partial charge in [-0.1, -0.05) is 30.0 Å². The maximum absolute atomic E-state index is 12.2.